The molecule has 3 N–H and O–H groups in total. The van der Waals surface area contributed by atoms with Crippen molar-refractivity contribution >= 4 is 33.2 Å². The number of nitrogens with one attached hydrogen (secondary N) is 2. The number of carboxylic acid groups (broad SMARTS) is 1. The number of carbonyl (C=O) groups is 2. The Balaban J connectivity index is 2.62. The molecule has 7 nitrogen and oxygen atoms in total. The lowest BCUT2D eigenvalue weighted by atomic mass is 10.3. The van der Waals surface area contributed by atoms with E-state index in [1.165, 1.54) is 13.0 Å². The largest absolute Gasteiger partial charge is 0.480 e. The smallest absolute Gasteiger partial charge is 0.322 e. The molecule has 0 saturated heterocycles. The Morgan fingerprint density at radius 1 is 1.50 bits per heavy atom. The van der Waals surface area contributed by atoms with Gasteiger partial charge in [-0.2, -0.15) is 4.72 Å². The van der Waals surface area contributed by atoms with Crippen molar-refractivity contribution in [1.82, 2.24) is 10.0 Å². The molecule has 0 aliphatic rings. The first-order valence-corrected chi connectivity index (χ1v) is 7.24. The second kappa shape index (κ2) is 5.94. The molecule has 0 bridgehead atoms. The van der Waals surface area contributed by atoms with Crippen LogP contribution in [0, 0.1) is 0 Å². The van der Waals surface area contributed by atoms with E-state index in [2.05, 4.69) is 10.0 Å². The van der Waals surface area contributed by atoms with Crippen LogP contribution >= 0.6 is 11.3 Å². The Kier molecular flexibility index (Phi) is 4.82. The molecular formula is C9H12N2O5S2. The number of rotatable bonds is 6. The number of hydrogen-bond acceptors (Lipinski definition) is 5. The first kappa shape index (κ1) is 14.6. The summed E-state index contributed by atoms with van der Waals surface area (Å²) >= 11 is 1.03. The average molecular weight is 292 g/mol. The summed E-state index contributed by atoms with van der Waals surface area (Å²) in [6, 6.07) is 1.94. The summed E-state index contributed by atoms with van der Waals surface area (Å²) < 4.78 is 25.8. The topological polar surface area (TPSA) is 113 Å². The van der Waals surface area contributed by atoms with Crippen molar-refractivity contribution in [3.05, 3.63) is 17.5 Å². The van der Waals surface area contributed by atoms with Crippen LogP contribution in [0.25, 0.3) is 0 Å². The fraction of sp³-hybridized carbons (Fsp3) is 0.333. The zero-order valence-corrected chi connectivity index (χ0v) is 11.0. The van der Waals surface area contributed by atoms with Gasteiger partial charge in [-0.1, -0.05) is 6.07 Å². The fourth-order valence-electron chi connectivity index (χ4n) is 1.08. The number of thiophene rings is 1. The van der Waals surface area contributed by atoms with Crippen LogP contribution in [0.4, 0.5) is 0 Å². The van der Waals surface area contributed by atoms with Crippen molar-refractivity contribution < 1.29 is 23.1 Å². The Morgan fingerprint density at radius 2 is 2.17 bits per heavy atom. The summed E-state index contributed by atoms with van der Waals surface area (Å²) in [5.41, 5.74) is 0. The Bertz CT molecular complexity index is 523. The normalized spacial score (nSPS) is 12.9. The SMILES string of the molecule is CC(NS(=O)(=O)c1cccs1)C(=O)NCC(=O)O. The molecule has 1 heterocycles. The van der Waals surface area contributed by atoms with Gasteiger partial charge in [0.05, 0.1) is 6.04 Å². The van der Waals surface area contributed by atoms with E-state index in [0.29, 0.717) is 0 Å². The average Bonchev–Trinajstić information content (AvgIpc) is 2.79. The van der Waals surface area contributed by atoms with Gasteiger partial charge < -0.3 is 10.4 Å². The van der Waals surface area contributed by atoms with Crippen LogP contribution in [0.1, 0.15) is 6.92 Å². The first-order valence-electron chi connectivity index (χ1n) is 4.88. The highest BCUT2D eigenvalue weighted by Gasteiger charge is 2.22. The summed E-state index contributed by atoms with van der Waals surface area (Å²) in [6.07, 6.45) is 0. The highest BCUT2D eigenvalue weighted by Crippen LogP contribution is 2.15. The number of carbonyl (C=O) groups excluding carboxylic acids is 1. The Labute approximate surface area is 108 Å². The monoisotopic (exact) mass is 292 g/mol. The number of aliphatic carboxylic acids is 1. The van der Waals surface area contributed by atoms with Crippen LogP contribution in [0.15, 0.2) is 21.7 Å². The van der Waals surface area contributed by atoms with E-state index >= 15 is 0 Å². The van der Waals surface area contributed by atoms with Crippen LogP contribution < -0.4 is 10.0 Å². The molecule has 1 atom stereocenters. The standard InChI is InChI=1S/C9H12N2O5S2/c1-6(9(14)10-5-7(12)13)11-18(15,16)8-3-2-4-17-8/h2-4,6,11H,5H2,1H3,(H,10,14)(H,12,13). The maximum absolute atomic E-state index is 11.7. The van der Waals surface area contributed by atoms with E-state index in [1.807, 2.05) is 0 Å². The van der Waals surface area contributed by atoms with Crippen LogP contribution in [0.3, 0.4) is 0 Å². The summed E-state index contributed by atoms with van der Waals surface area (Å²) in [7, 11) is -3.74. The summed E-state index contributed by atoms with van der Waals surface area (Å²) in [6.45, 7) is 0.784. The van der Waals surface area contributed by atoms with Crippen LogP contribution in [0.5, 0.6) is 0 Å². The highest BCUT2D eigenvalue weighted by atomic mass is 32.2. The third-order valence-corrected chi connectivity index (χ3v) is 4.84. The van der Waals surface area contributed by atoms with E-state index in [9.17, 15) is 18.0 Å². The lowest BCUT2D eigenvalue weighted by Gasteiger charge is -2.12. The molecule has 0 spiro atoms. The van der Waals surface area contributed by atoms with Gasteiger partial charge in [-0.05, 0) is 18.4 Å². The van der Waals surface area contributed by atoms with Gasteiger partial charge in [0.2, 0.25) is 5.91 Å². The molecule has 1 aromatic rings. The predicted octanol–water partition coefficient (Wildman–Crippen LogP) is -0.384. The predicted molar refractivity (Wildman–Crippen MR) is 64.7 cm³/mol. The van der Waals surface area contributed by atoms with Gasteiger partial charge in [-0.15, -0.1) is 11.3 Å². The quantitative estimate of drug-likeness (QED) is 0.661. The number of carboxylic acids is 1. The minimum absolute atomic E-state index is 0.0976. The van der Waals surface area contributed by atoms with E-state index in [4.69, 9.17) is 5.11 Å². The molecule has 18 heavy (non-hydrogen) atoms. The zero-order chi connectivity index (χ0) is 13.8. The molecule has 1 aromatic heterocycles. The van der Waals surface area contributed by atoms with E-state index in [1.54, 1.807) is 11.4 Å². The third kappa shape index (κ3) is 4.09. The molecule has 0 aromatic carbocycles. The molecule has 0 radical (unpaired) electrons. The van der Waals surface area contributed by atoms with Crippen molar-refractivity contribution in [2.24, 2.45) is 0 Å². The zero-order valence-electron chi connectivity index (χ0n) is 9.41. The van der Waals surface area contributed by atoms with Crippen LogP contribution in [-0.2, 0) is 19.6 Å². The molecule has 0 saturated carbocycles. The van der Waals surface area contributed by atoms with Gasteiger partial charge in [0.15, 0.2) is 0 Å². The van der Waals surface area contributed by atoms with Crippen molar-refractivity contribution in [2.75, 3.05) is 6.54 Å². The molecular weight excluding hydrogens is 280 g/mol. The van der Waals surface area contributed by atoms with Gasteiger partial charge in [0.1, 0.15) is 10.8 Å². The first-order chi connectivity index (χ1) is 8.33. The maximum Gasteiger partial charge on any atom is 0.322 e. The summed E-state index contributed by atoms with van der Waals surface area (Å²) in [5, 5.41) is 12.1. The van der Waals surface area contributed by atoms with Crippen LogP contribution in [-0.4, -0.2) is 38.0 Å². The Morgan fingerprint density at radius 3 is 2.67 bits per heavy atom. The van der Waals surface area contributed by atoms with E-state index < -0.39 is 34.5 Å². The van der Waals surface area contributed by atoms with Gasteiger partial charge in [-0.25, -0.2) is 8.42 Å². The lowest BCUT2D eigenvalue weighted by Crippen LogP contribution is -2.45. The van der Waals surface area contributed by atoms with Crippen molar-refractivity contribution in [3.8, 4) is 0 Å². The summed E-state index contributed by atoms with van der Waals surface area (Å²) in [5.74, 6) is -1.89. The second-order valence-corrected chi connectivity index (χ2v) is 6.28. The van der Waals surface area contributed by atoms with Gasteiger partial charge in [0.25, 0.3) is 10.0 Å². The highest BCUT2D eigenvalue weighted by molar-refractivity contribution is 7.91. The third-order valence-electron chi connectivity index (χ3n) is 1.90. The number of amides is 1. The molecule has 0 fully saturated rings. The van der Waals surface area contributed by atoms with Crippen molar-refractivity contribution in [1.29, 1.82) is 0 Å². The molecule has 9 heteroatoms. The molecule has 1 unspecified atom stereocenters. The number of sulfonamides is 1. The van der Waals surface area contributed by atoms with Crippen LogP contribution in [0.2, 0.25) is 0 Å². The molecule has 100 valence electrons. The lowest BCUT2D eigenvalue weighted by molar-refractivity contribution is -0.138. The molecule has 0 aliphatic heterocycles. The van der Waals surface area contributed by atoms with Crippen molar-refractivity contribution in [3.63, 3.8) is 0 Å². The summed E-state index contributed by atoms with van der Waals surface area (Å²) in [4.78, 5) is 21.6. The van der Waals surface area contributed by atoms with E-state index in [-0.39, 0.29) is 4.21 Å². The van der Waals surface area contributed by atoms with Gasteiger partial charge in [-0.3, -0.25) is 9.59 Å². The second-order valence-electron chi connectivity index (χ2n) is 3.39. The van der Waals surface area contributed by atoms with Gasteiger partial charge >= 0.3 is 5.97 Å². The number of hydrogen-bond donors (Lipinski definition) is 3. The minimum Gasteiger partial charge on any atom is -0.480 e. The Hall–Kier alpha value is -1.45. The van der Waals surface area contributed by atoms with Crippen molar-refractivity contribution in [2.45, 2.75) is 17.2 Å². The maximum atomic E-state index is 11.7. The fourth-order valence-corrected chi connectivity index (χ4v) is 3.29. The van der Waals surface area contributed by atoms with E-state index in [0.717, 1.165) is 11.3 Å². The molecule has 1 amide bonds. The molecule has 0 aliphatic carbocycles. The molecule has 1 rings (SSSR count). The minimum atomic E-state index is -3.74. The van der Waals surface area contributed by atoms with Gasteiger partial charge in [0, 0.05) is 0 Å².